The van der Waals surface area contributed by atoms with Gasteiger partial charge >= 0.3 is 0 Å². The van der Waals surface area contributed by atoms with Crippen LogP contribution in [0.5, 0.6) is 5.75 Å². The third kappa shape index (κ3) is 4.20. The van der Waals surface area contributed by atoms with Crippen molar-refractivity contribution in [3.05, 3.63) is 69.8 Å². The summed E-state index contributed by atoms with van der Waals surface area (Å²) in [7, 11) is 1.57. The zero-order valence-corrected chi connectivity index (χ0v) is 15.7. The quantitative estimate of drug-likeness (QED) is 0.377. The molecule has 134 valence electrons. The van der Waals surface area contributed by atoms with Gasteiger partial charge in [-0.25, -0.2) is 4.98 Å². The van der Waals surface area contributed by atoms with E-state index in [0.717, 1.165) is 5.39 Å². The van der Waals surface area contributed by atoms with E-state index in [1.54, 1.807) is 55.6 Å². The number of ether oxygens (including phenoxy) is 1. The van der Waals surface area contributed by atoms with Gasteiger partial charge in [0.15, 0.2) is 0 Å². The molecule has 1 heterocycles. The van der Waals surface area contributed by atoms with Crippen LogP contribution < -0.4 is 10.1 Å². The number of benzene rings is 2. The molecule has 3 aromatic rings. The molecule has 0 unspecified atom stereocenters. The van der Waals surface area contributed by atoms with Gasteiger partial charge in [-0.3, -0.25) is 4.79 Å². The molecule has 0 bridgehead atoms. The smallest absolute Gasteiger partial charge is 0.266 e. The first-order valence-electron chi connectivity index (χ1n) is 7.84. The van der Waals surface area contributed by atoms with Crippen LogP contribution in [0.4, 0.5) is 5.69 Å². The van der Waals surface area contributed by atoms with Crippen molar-refractivity contribution < 1.29 is 9.53 Å². The minimum absolute atomic E-state index is 0.124. The van der Waals surface area contributed by atoms with Gasteiger partial charge in [0, 0.05) is 10.9 Å². The number of halogens is 2. The molecule has 0 aliphatic rings. The molecule has 0 saturated carbocycles. The predicted octanol–water partition coefficient (Wildman–Crippen LogP) is 5.10. The Balaban J connectivity index is 1.97. The molecule has 0 fully saturated rings. The SMILES string of the molecule is COc1ccc2nc(Cl)c(/C=C(\C#N)C(=O)Nc3ccccc3Cl)cc2c1. The molecule has 0 saturated heterocycles. The molecule has 27 heavy (non-hydrogen) atoms. The van der Waals surface area contributed by atoms with Crippen molar-refractivity contribution in [2.45, 2.75) is 0 Å². The Morgan fingerprint density at radius 3 is 2.70 bits per heavy atom. The fourth-order valence-electron chi connectivity index (χ4n) is 2.43. The van der Waals surface area contributed by atoms with Crippen LogP contribution in [0.15, 0.2) is 54.1 Å². The second-order valence-electron chi connectivity index (χ2n) is 5.53. The van der Waals surface area contributed by atoms with E-state index in [0.29, 0.717) is 27.5 Å². The molecular formula is C20H13Cl2N3O2. The highest BCUT2D eigenvalue weighted by Crippen LogP contribution is 2.26. The third-order valence-corrected chi connectivity index (χ3v) is 4.42. The van der Waals surface area contributed by atoms with Gasteiger partial charge in [0.25, 0.3) is 5.91 Å². The Kier molecular flexibility index (Phi) is 5.60. The standard InChI is InChI=1S/C20H13Cl2N3O2/c1-27-15-6-7-17-12(10-15)8-13(19(22)24-17)9-14(11-23)20(26)25-18-5-3-2-4-16(18)21/h2-10H,1H3,(H,25,26)/b14-9+. The third-order valence-electron chi connectivity index (χ3n) is 3.79. The number of nitrogens with zero attached hydrogens (tertiary/aromatic N) is 2. The first-order chi connectivity index (χ1) is 13.0. The summed E-state index contributed by atoms with van der Waals surface area (Å²) in [5.74, 6) is 0.0749. The Hall–Kier alpha value is -3.07. The van der Waals surface area contributed by atoms with E-state index >= 15 is 0 Å². The number of nitrogens with one attached hydrogen (secondary N) is 1. The molecule has 1 amide bonds. The summed E-state index contributed by atoms with van der Waals surface area (Å²) in [6, 6.07) is 15.7. The van der Waals surface area contributed by atoms with Gasteiger partial charge in [0.2, 0.25) is 0 Å². The average molecular weight is 398 g/mol. The predicted molar refractivity (Wildman–Crippen MR) is 107 cm³/mol. The van der Waals surface area contributed by atoms with Crippen molar-refractivity contribution >= 4 is 51.8 Å². The highest BCUT2D eigenvalue weighted by Gasteiger charge is 2.13. The van der Waals surface area contributed by atoms with E-state index in [9.17, 15) is 10.1 Å². The molecule has 0 aliphatic heterocycles. The van der Waals surface area contributed by atoms with Crippen LogP contribution in [0, 0.1) is 11.3 Å². The number of nitriles is 1. The Morgan fingerprint density at radius 1 is 1.22 bits per heavy atom. The topological polar surface area (TPSA) is 75.0 Å². The lowest BCUT2D eigenvalue weighted by Crippen LogP contribution is -2.13. The fourth-order valence-corrected chi connectivity index (χ4v) is 2.82. The molecule has 1 N–H and O–H groups in total. The Morgan fingerprint density at radius 2 is 2.00 bits per heavy atom. The minimum atomic E-state index is -0.590. The molecule has 0 radical (unpaired) electrons. The second kappa shape index (κ2) is 8.09. The summed E-state index contributed by atoms with van der Waals surface area (Å²) in [5.41, 5.74) is 1.42. The lowest BCUT2D eigenvalue weighted by Gasteiger charge is -2.07. The van der Waals surface area contributed by atoms with Crippen LogP contribution >= 0.6 is 23.2 Å². The van der Waals surface area contributed by atoms with Gasteiger partial charge in [-0.05, 0) is 42.5 Å². The van der Waals surface area contributed by atoms with E-state index in [4.69, 9.17) is 27.9 Å². The highest BCUT2D eigenvalue weighted by atomic mass is 35.5. The molecule has 0 aliphatic carbocycles. The number of methoxy groups -OCH3 is 1. The van der Waals surface area contributed by atoms with Gasteiger partial charge in [0.05, 0.1) is 23.3 Å². The molecule has 3 rings (SSSR count). The number of amides is 1. The number of para-hydroxylation sites is 1. The monoisotopic (exact) mass is 397 g/mol. The summed E-state index contributed by atoms with van der Waals surface area (Å²) in [4.78, 5) is 16.7. The summed E-state index contributed by atoms with van der Waals surface area (Å²) in [6.45, 7) is 0. The minimum Gasteiger partial charge on any atom is -0.497 e. The van der Waals surface area contributed by atoms with E-state index in [-0.39, 0.29) is 10.7 Å². The van der Waals surface area contributed by atoms with E-state index in [1.165, 1.54) is 6.08 Å². The first kappa shape index (κ1) is 18.7. The van der Waals surface area contributed by atoms with Gasteiger partial charge in [-0.1, -0.05) is 35.3 Å². The normalized spacial score (nSPS) is 11.1. The van der Waals surface area contributed by atoms with Crippen LogP contribution in [-0.2, 0) is 4.79 Å². The van der Waals surface area contributed by atoms with E-state index in [1.807, 2.05) is 6.07 Å². The maximum Gasteiger partial charge on any atom is 0.266 e. The number of rotatable bonds is 4. The Labute approximate surface area is 165 Å². The van der Waals surface area contributed by atoms with Crippen molar-refractivity contribution in [3.8, 4) is 11.8 Å². The fraction of sp³-hybridized carbons (Fsp3) is 0.0500. The molecule has 2 aromatic carbocycles. The molecule has 7 heteroatoms. The molecule has 0 spiro atoms. The number of hydrogen-bond donors (Lipinski definition) is 1. The number of anilines is 1. The Bertz CT molecular complexity index is 1100. The number of fused-ring (bicyclic) bond motifs is 1. The zero-order valence-electron chi connectivity index (χ0n) is 14.2. The van der Waals surface area contributed by atoms with Gasteiger partial charge in [-0.15, -0.1) is 0 Å². The van der Waals surface area contributed by atoms with Crippen molar-refractivity contribution in [3.63, 3.8) is 0 Å². The van der Waals surface area contributed by atoms with Gasteiger partial charge < -0.3 is 10.1 Å². The van der Waals surface area contributed by atoms with Crippen molar-refractivity contribution in [1.29, 1.82) is 5.26 Å². The number of hydrogen-bond acceptors (Lipinski definition) is 4. The number of carbonyl (C=O) groups excluding carboxylic acids is 1. The van der Waals surface area contributed by atoms with Crippen LogP contribution in [0.25, 0.3) is 17.0 Å². The highest BCUT2D eigenvalue weighted by molar-refractivity contribution is 6.34. The van der Waals surface area contributed by atoms with Crippen LogP contribution in [-0.4, -0.2) is 18.0 Å². The number of aromatic nitrogens is 1. The van der Waals surface area contributed by atoms with Crippen LogP contribution in [0.2, 0.25) is 10.2 Å². The average Bonchev–Trinajstić information content (AvgIpc) is 2.67. The van der Waals surface area contributed by atoms with E-state index < -0.39 is 5.91 Å². The largest absolute Gasteiger partial charge is 0.497 e. The molecule has 0 atom stereocenters. The van der Waals surface area contributed by atoms with E-state index in [2.05, 4.69) is 10.3 Å². The van der Waals surface area contributed by atoms with Gasteiger partial charge in [-0.2, -0.15) is 5.26 Å². The van der Waals surface area contributed by atoms with Crippen LogP contribution in [0.3, 0.4) is 0 Å². The maximum atomic E-state index is 12.4. The second-order valence-corrected chi connectivity index (χ2v) is 6.30. The number of carbonyl (C=O) groups is 1. The lowest BCUT2D eigenvalue weighted by molar-refractivity contribution is -0.112. The van der Waals surface area contributed by atoms with Crippen LogP contribution in [0.1, 0.15) is 5.56 Å². The summed E-state index contributed by atoms with van der Waals surface area (Å²) in [6.07, 6.45) is 1.39. The molecule has 5 nitrogen and oxygen atoms in total. The number of pyridine rings is 1. The molecule has 1 aromatic heterocycles. The summed E-state index contributed by atoms with van der Waals surface area (Å²) >= 11 is 12.3. The van der Waals surface area contributed by atoms with Gasteiger partial charge in [0.1, 0.15) is 22.5 Å². The van der Waals surface area contributed by atoms with Crippen molar-refractivity contribution in [2.75, 3.05) is 12.4 Å². The first-order valence-corrected chi connectivity index (χ1v) is 8.59. The van der Waals surface area contributed by atoms with Crippen molar-refractivity contribution in [2.24, 2.45) is 0 Å². The lowest BCUT2D eigenvalue weighted by atomic mass is 10.1. The zero-order chi connectivity index (χ0) is 19.4. The summed E-state index contributed by atoms with van der Waals surface area (Å²) in [5, 5.41) is 13.3. The summed E-state index contributed by atoms with van der Waals surface area (Å²) < 4.78 is 5.21. The van der Waals surface area contributed by atoms with Crippen molar-refractivity contribution in [1.82, 2.24) is 4.98 Å². The molecular weight excluding hydrogens is 385 g/mol. The maximum absolute atomic E-state index is 12.4.